The van der Waals surface area contributed by atoms with Crippen molar-refractivity contribution in [2.75, 3.05) is 18.5 Å². The first-order valence-electron chi connectivity index (χ1n) is 4.34. The zero-order valence-corrected chi connectivity index (χ0v) is 8.41. The van der Waals surface area contributed by atoms with E-state index in [2.05, 4.69) is 12.0 Å². The van der Waals surface area contributed by atoms with Crippen molar-refractivity contribution < 1.29 is 0 Å². The highest BCUT2D eigenvalue weighted by atomic mass is 15.1. The van der Waals surface area contributed by atoms with Gasteiger partial charge in [0.15, 0.2) is 0 Å². The largest absolute Gasteiger partial charge is 0.362 e. The molecular weight excluding hydrogens is 172 g/mol. The molecule has 0 fully saturated rings. The molecule has 0 bridgehead atoms. The molecule has 0 aliphatic rings. The smallest absolute Gasteiger partial charge is 0.101 e. The third-order valence-corrected chi connectivity index (χ3v) is 2.01. The third-order valence-electron chi connectivity index (χ3n) is 2.01. The lowest BCUT2D eigenvalue weighted by Crippen LogP contribution is -2.18. The summed E-state index contributed by atoms with van der Waals surface area (Å²) < 4.78 is 0. The maximum atomic E-state index is 8.93. The Morgan fingerprint density at radius 3 is 2.79 bits per heavy atom. The highest BCUT2D eigenvalue weighted by Gasteiger charge is 2.05. The standard InChI is InChI=1S/C12H12N2/c1-4-7-14(3)12-6-5-10(2)8-11(12)9-13/h1,5-6,8H,7H2,2-3H3. The summed E-state index contributed by atoms with van der Waals surface area (Å²) in [4.78, 5) is 1.89. The second-order valence-electron chi connectivity index (χ2n) is 3.19. The number of hydrogen-bond acceptors (Lipinski definition) is 2. The SMILES string of the molecule is C#CCN(C)c1ccc(C)cc1C#N. The molecule has 0 aromatic heterocycles. The van der Waals surface area contributed by atoms with Gasteiger partial charge in [0.2, 0.25) is 0 Å². The van der Waals surface area contributed by atoms with Crippen LogP contribution in [0.3, 0.4) is 0 Å². The van der Waals surface area contributed by atoms with E-state index >= 15 is 0 Å². The molecule has 2 heteroatoms. The Morgan fingerprint density at radius 2 is 2.21 bits per heavy atom. The minimum Gasteiger partial charge on any atom is -0.362 e. The first-order chi connectivity index (χ1) is 6.69. The molecule has 1 aromatic carbocycles. The molecule has 0 atom stereocenters. The van der Waals surface area contributed by atoms with Crippen molar-refractivity contribution in [1.82, 2.24) is 0 Å². The second kappa shape index (κ2) is 4.35. The topological polar surface area (TPSA) is 27.0 Å². The molecule has 1 aromatic rings. The Labute approximate surface area is 84.8 Å². The molecule has 0 aliphatic carbocycles. The number of terminal acetylenes is 1. The van der Waals surface area contributed by atoms with Crippen LogP contribution in [-0.4, -0.2) is 13.6 Å². The molecule has 0 spiro atoms. The van der Waals surface area contributed by atoms with E-state index in [0.717, 1.165) is 11.3 Å². The van der Waals surface area contributed by atoms with Crippen LogP contribution < -0.4 is 4.90 Å². The van der Waals surface area contributed by atoms with E-state index in [-0.39, 0.29) is 0 Å². The molecule has 0 saturated heterocycles. The fourth-order valence-electron chi connectivity index (χ4n) is 1.29. The van der Waals surface area contributed by atoms with Crippen molar-refractivity contribution >= 4 is 5.69 Å². The number of rotatable bonds is 2. The first kappa shape index (κ1) is 10.2. The maximum Gasteiger partial charge on any atom is 0.101 e. The highest BCUT2D eigenvalue weighted by molar-refractivity contribution is 5.60. The van der Waals surface area contributed by atoms with E-state index in [9.17, 15) is 0 Å². The molecule has 0 N–H and O–H groups in total. The lowest BCUT2D eigenvalue weighted by Gasteiger charge is -2.17. The number of nitriles is 1. The van der Waals surface area contributed by atoms with Gasteiger partial charge < -0.3 is 4.90 Å². The number of aryl methyl sites for hydroxylation is 1. The number of benzene rings is 1. The summed E-state index contributed by atoms with van der Waals surface area (Å²) in [7, 11) is 1.88. The summed E-state index contributed by atoms with van der Waals surface area (Å²) >= 11 is 0. The average molecular weight is 184 g/mol. The van der Waals surface area contributed by atoms with Gasteiger partial charge in [0.25, 0.3) is 0 Å². The fraction of sp³-hybridized carbons (Fsp3) is 0.250. The van der Waals surface area contributed by atoms with Crippen molar-refractivity contribution in [3.05, 3.63) is 29.3 Å². The third kappa shape index (κ3) is 2.06. The summed E-state index contributed by atoms with van der Waals surface area (Å²) in [5.74, 6) is 2.55. The Bertz CT molecular complexity index is 407. The summed E-state index contributed by atoms with van der Waals surface area (Å²) in [6.07, 6.45) is 5.21. The first-order valence-corrected chi connectivity index (χ1v) is 4.34. The monoisotopic (exact) mass is 184 g/mol. The van der Waals surface area contributed by atoms with Gasteiger partial charge in [-0.25, -0.2) is 0 Å². The lowest BCUT2D eigenvalue weighted by atomic mass is 10.1. The van der Waals surface area contributed by atoms with E-state index in [1.807, 2.05) is 37.1 Å². The maximum absolute atomic E-state index is 8.93. The van der Waals surface area contributed by atoms with Gasteiger partial charge in [-0.15, -0.1) is 6.42 Å². The van der Waals surface area contributed by atoms with E-state index in [4.69, 9.17) is 11.7 Å². The summed E-state index contributed by atoms with van der Waals surface area (Å²) in [5, 5.41) is 8.93. The van der Waals surface area contributed by atoms with Crippen LogP contribution in [0.25, 0.3) is 0 Å². The lowest BCUT2D eigenvalue weighted by molar-refractivity contribution is 1.05. The van der Waals surface area contributed by atoms with Crippen LogP contribution in [0.2, 0.25) is 0 Å². The van der Waals surface area contributed by atoms with Crippen LogP contribution in [-0.2, 0) is 0 Å². The van der Waals surface area contributed by atoms with Gasteiger partial charge in [-0.05, 0) is 24.6 Å². The van der Waals surface area contributed by atoms with Gasteiger partial charge in [0.1, 0.15) is 6.07 Å². The van der Waals surface area contributed by atoms with E-state index < -0.39 is 0 Å². The van der Waals surface area contributed by atoms with Gasteiger partial charge >= 0.3 is 0 Å². The fourth-order valence-corrected chi connectivity index (χ4v) is 1.29. The highest BCUT2D eigenvalue weighted by Crippen LogP contribution is 2.19. The van der Waals surface area contributed by atoms with Crippen LogP contribution in [0.1, 0.15) is 11.1 Å². The van der Waals surface area contributed by atoms with Gasteiger partial charge in [0, 0.05) is 7.05 Å². The van der Waals surface area contributed by atoms with E-state index in [0.29, 0.717) is 12.1 Å². The molecule has 0 radical (unpaired) electrons. The van der Waals surface area contributed by atoms with Gasteiger partial charge in [-0.1, -0.05) is 12.0 Å². The van der Waals surface area contributed by atoms with E-state index in [1.54, 1.807) is 0 Å². The number of anilines is 1. The van der Waals surface area contributed by atoms with Crippen LogP contribution in [0.4, 0.5) is 5.69 Å². The predicted molar refractivity (Wildman–Crippen MR) is 58.0 cm³/mol. The molecular formula is C12H12N2. The Kier molecular flexibility index (Phi) is 3.15. The molecule has 14 heavy (non-hydrogen) atoms. The van der Waals surface area contributed by atoms with Crippen molar-refractivity contribution in [2.45, 2.75) is 6.92 Å². The normalized spacial score (nSPS) is 8.86. The summed E-state index contributed by atoms with van der Waals surface area (Å²) in [6.45, 7) is 2.48. The predicted octanol–water partition coefficient (Wildman–Crippen LogP) is 1.94. The zero-order valence-electron chi connectivity index (χ0n) is 8.41. The zero-order chi connectivity index (χ0) is 10.6. The molecule has 0 amide bonds. The van der Waals surface area contributed by atoms with Crippen molar-refractivity contribution in [3.63, 3.8) is 0 Å². The quantitative estimate of drug-likeness (QED) is 0.657. The molecule has 70 valence electrons. The van der Waals surface area contributed by atoms with Gasteiger partial charge in [-0.3, -0.25) is 0 Å². The van der Waals surface area contributed by atoms with Crippen molar-refractivity contribution in [3.8, 4) is 18.4 Å². The minimum atomic E-state index is 0.512. The number of nitrogens with zero attached hydrogens (tertiary/aromatic N) is 2. The van der Waals surface area contributed by atoms with Crippen LogP contribution >= 0.6 is 0 Å². The molecule has 0 saturated carbocycles. The summed E-state index contributed by atoms with van der Waals surface area (Å²) in [5.41, 5.74) is 2.64. The van der Waals surface area contributed by atoms with Gasteiger partial charge in [0.05, 0.1) is 17.8 Å². The molecule has 0 heterocycles. The van der Waals surface area contributed by atoms with Crippen molar-refractivity contribution in [1.29, 1.82) is 5.26 Å². The minimum absolute atomic E-state index is 0.512. The molecule has 0 aliphatic heterocycles. The van der Waals surface area contributed by atoms with Crippen LogP contribution in [0.5, 0.6) is 0 Å². The van der Waals surface area contributed by atoms with Crippen molar-refractivity contribution in [2.24, 2.45) is 0 Å². The average Bonchev–Trinajstić information content (AvgIpc) is 2.17. The second-order valence-corrected chi connectivity index (χ2v) is 3.19. The van der Waals surface area contributed by atoms with Crippen LogP contribution in [0, 0.1) is 30.6 Å². The van der Waals surface area contributed by atoms with Crippen LogP contribution in [0.15, 0.2) is 18.2 Å². The Balaban J connectivity index is 3.10. The Morgan fingerprint density at radius 1 is 1.50 bits per heavy atom. The summed E-state index contributed by atoms with van der Waals surface area (Å²) in [6, 6.07) is 7.93. The molecule has 0 unspecified atom stereocenters. The molecule has 2 nitrogen and oxygen atoms in total. The van der Waals surface area contributed by atoms with E-state index in [1.165, 1.54) is 0 Å². The Hall–Kier alpha value is -1.93. The van der Waals surface area contributed by atoms with Gasteiger partial charge in [-0.2, -0.15) is 5.26 Å². The number of hydrogen-bond donors (Lipinski definition) is 0. The molecule has 1 rings (SSSR count).